The summed E-state index contributed by atoms with van der Waals surface area (Å²) in [5.74, 6) is -0.520. The summed E-state index contributed by atoms with van der Waals surface area (Å²) in [6, 6.07) is 4.13. The van der Waals surface area contributed by atoms with Gasteiger partial charge in [0.25, 0.3) is 5.91 Å². The lowest BCUT2D eigenvalue weighted by atomic mass is 10.1. The maximum Gasteiger partial charge on any atom is 0.416 e. The molecule has 8 heteroatoms. The molecule has 1 aliphatic heterocycles. The van der Waals surface area contributed by atoms with Crippen LogP contribution in [-0.4, -0.2) is 53.6 Å². The van der Waals surface area contributed by atoms with Crippen LogP contribution in [0.3, 0.4) is 0 Å². The van der Waals surface area contributed by atoms with Crippen molar-refractivity contribution in [3.63, 3.8) is 0 Å². The van der Waals surface area contributed by atoms with Crippen LogP contribution in [0.5, 0.6) is 0 Å². The second kappa shape index (κ2) is 8.33. The molecule has 0 saturated carbocycles. The van der Waals surface area contributed by atoms with E-state index in [0.717, 1.165) is 12.1 Å². The van der Waals surface area contributed by atoms with E-state index in [1.54, 1.807) is 9.80 Å². The van der Waals surface area contributed by atoms with E-state index >= 15 is 0 Å². The van der Waals surface area contributed by atoms with Gasteiger partial charge in [-0.2, -0.15) is 13.2 Å². The first kappa shape index (κ1) is 19.9. The normalized spacial score (nSPS) is 15.5. The number of hydrogen-bond donors (Lipinski definition) is 0. The van der Waals surface area contributed by atoms with Crippen LogP contribution in [0.15, 0.2) is 24.3 Å². The molecule has 1 heterocycles. The maximum atomic E-state index is 12.6. The number of rotatable bonds is 4. The van der Waals surface area contributed by atoms with Gasteiger partial charge in [0.15, 0.2) is 0 Å². The number of amides is 2. The largest absolute Gasteiger partial charge is 0.416 e. The summed E-state index contributed by atoms with van der Waals surface area (Å²) in [7, 11) is 0. The third-order valence-electron chi connectivity index (χ3n) is 4.29. The Morgan fingerprint density at radius 3 is 2.08 bits per heavy atom. The van der Waals surface area contributed by atoms with Crippen LogP contribution in [0, 0.1) is 0 Å². The van der Waals surface area contributed by atoms with E-state index in [1.165, 1.54) is 19.1 Å². The molecule has 26 heavy (non-hydrogen) atoms. The van der Waals surface area contributed by atoms with Crippen LogP contribution >= 0.6 is 0 Å². The van der Waals surface area contributed by atoms with Gasteiger partial charge in [-0.15, -0.1) is 0 Å². The molecule has 0 bridgehead atoms. The molecule has 1 aromatic rings. The summed E-state index contributed by atoms with van der Waals surface area (Å²) < 4.78 is 37.8. The van der Waals surface area contributed by atoms with Crippen LogP contribution in [0.25, 0.3) is 0 Å². The first-order valence-corrected chi connectivity index (χ1v) is 8.42. The molecule has 1 aromatic carbocycles. The first-order valence-electron chi connectivity index (χ1n) is 8.42. The molecular formula is C18H21F3N2O3. The Balaban J connectivity index is 1.96. The summed E-state index contributed by atoms with van der Waals surface area (Å²) in [6.07, 6.45) is -3.51. The predicted octanol–water partition coefficient (Wildman–Crippen LogP) is 2.75. The lowest BCUT2D eigenvalue weighted by Gasteiger charge is -2.22. The van der Waals surface area contributed by atoms with Crippen molar-refractivity contribution in [3.05, 3.63) is 35.4 Å². The highest BCUT2D eigenvalue weighted by Crippen LogP contribution is 2.29. The van der Waals surface area contributed by atoms with Crippen molar-refractivity contribution in [1.82, 2.24) is 9.80 Å². The monoisotopic (exact) mass is 370 g/mol. The van der Waals surface area contributed by atoms with Gasteiger partial charge in [-0.1, -0.05) is 0 Å². The third kappa shape index (κ3) is 5.31. The molecular weight excluding hydrogens is 349 g/mol. The van der Waals surface area contributed by atoms with Crippen LogP contribution in [0.2, 0.25) is 0 Å². The molecule has 2 rings (SSSR count). The predicted molar refractivity (Wildman–Crippen MR) is 88.5 cm³/mol. The molecule has 0 N–H and O–H groups in total. The van der Waals surface area contributed by atoms with Crippen molar-refractivity contribution < 1.29 is 27.6 Å². The van der Waals surface area contributed by atoms with Gasteiger partial charge in [0, 0.05) is 44.6 Å². The zero-order valence-electron chi connectivity index (χ0n) is 14.5. The maximum absolute atomic E-state index is 12.6. The standard InChI is InChI=1S/C18H21F3N2O3/c1-13(24)3-8-16(25)22-9-2-10-23(12-11-22)17(26)14-4-6-15(7-5-14)18(19,20)21/h4-7H,2-3,8-12H2,1H3. The molecule has 0 aromatic heterocycles. The highest BCUT2D eigenvalue weighted by molar-refractivity contribution is 5.94. The van der Waals surface area contributed by atoms with Crippen molar-refractivity contribution in [2.24, 2.45) is 0 Å². The average molecular weight is 370 g/mol. The Kier molecular flexibility index (Phi) is 6.39. The third-order valence-corrected chi connectivity index (χ3v) is 4.29. The number of ketones is 1. The minimum Gasteiger partial charge on any atom is -0.341 e. The number of Topliss-reactive ketones (excluding diaryl/α,β-unsaturated/α-hetero) is 1. The summed E-state index contributed by atoms with van der Waals surface area (Å²) in [5, 5.41) is 0. The molecule has 0 atom stereocenters. The fourth-order valence-electron chi connectivity index (χ4n) is 2.80. The van der Waals surface area contributed by atoms with Gasteiger partial charge < -0.3 is 14.6 Å². The van der Waals surface area contributed by atoms with Crippen LogP contribution in [0.1, 0.15) is 42.1 Å². The van der Waals surface area contributed by atoms with Gasteiger partial charge in [-0.25, -0.2) is 0 Å². The molecule has 1 saturated heterocycles. The van der Waals surface area contributed by atoms with E-state index < -0.39 is 11.7 Å². The van der Waals surface area contributed by atoms with Gasteiger partial charge in [-0.3, -0.25) is 9.59 Å². The minimum atomic E-state index is -4.44. The van der Waals surface area contributed by atoms with Gasteiger partial charge in [0.2, 0.25) is 5.91 Å². The number of hydrogen-bond acceptors (Lipinski definition) is 3. The van der Waals surface area contributed by atoms with Crippen molar-refractivity contribution in [1.29, 1.82) is 0 Å². The Morgan fingerprint density at radius 2 is 1.50 bits per heavy atom. The van der Waals surface area contributed by atoms with Gasteiger partial charge >= 0.3 is 6.18 Å². The minimum absolute atomic E-state index is 0.0488. The summed E-state index contributed by atoms with van der Waals surface area (Å²) in [5.41, 5.74) is -0.610. The zero-order valence-corrected chi connectivity index (χ0v) is 14.5. The molecule has 0 spiro atoms. The Morgan fingerprint density at radius 1 is 0.923 bits per heavy atom. The molecule has 0 radical (unpaired) electrons. The van der Waals surface area contributed by atoms with E-state index in [9.17, 15) is 27.6 Å². The van der Waals surface area contributed by atoms with Gasteiger partial charge in [0.1, 0.15) is 5.78 Å². The molecule has 0 aliphatic carbocycles. The van der Waals surface area contributed by atoms with E-state index in [0.29, 0.717) is 32.6 Å². The molecule has 0 unspecified atom stereocenters. The van der Waals surface area contributed by atoms with Crippen LogP contribution in [-0.2, 0) is 15.8 Å². The molecule has 142 valence electrons. The first-order chi connectivity index (χ1) is 12.2. The van der Waals surface area contributed by atoms with Crippen molar-refractivity contribution in [2.75, 3.05) is 26.2 Å². The van der Waals surface area contributed by atoms with Crippen molar-refractivity contribution >= 4 is 17.6 Å². The average Bonchev–Trinajstić information content (AvgIpc) is 2.84. The summed E-state index contributed by atoms with van der Waals surface area (Å²) in [4.78, 5) is 38.8. The Labute approximate surface area is 149 Å². The van der Waals surface area contributed by atoms with Crippen molar-refractivity contribution in [3.8, 4) is 0 Å². The quantitative estimate of drug-likeness (QED) is 0.819. The summed E-state index contributed by atoms with van der Waals surface area (Å²) in [6.45, 7) is 3.01. The number of alkyl halides is 3. The number of halogens is 3. The van der Waals surface area contributed by atoms with E-state index in [2.05, 4.69) is 0 Å². The number of carbonyl (C=O) groups is 3. The van der Waals surface area contributed by atoms with Gasteiger partial charge in [0.05, 0.1) is 5.56 Å². The Bertz CT molecular complexity index is 671. The second-order valence-electron chi connectivity index (χ2n) is 6.30. The SMILES string of the molecule is CC(=O)CCC(=O)N1CCCN(C(=O)c2ccc(C(F)(F)F)cc2)CC1. The lowest BCUT2D eigenvalue weighted by Crippen LogP contribution is -2.37. The van der Waals surface area contributed by atoms with E-state index in [4.69, 9.17) is 0 Å². The lowest BCUT2D eigenvalue weighted by molar-refractivity contribution is -0.137. The molecule has 5 nitrogen and oxygen atoms in total. The highest BCUT2D eigenvalue weighted by atomic mass is 19.4. The highest BCUT2D eigenvalue weighted by Gasteiger charge is 2.30. The smallest absolute Gasteiger partial charge is 0.341 e. The number of benzene rings is 1. The zero-order chi connectivity index (χ0) is 19.3. The fraction of sp³-hybridized carbons (Fsp3) is 0.500. The van der Waals surface area contributed by atoms with Gasteiger partial charge in [-0.05, 0) is 37.6 Å². The number of carbonyl (C=O) groups excluding carboxylic acids is 3. The second-order valence-corrected chi connectivity index (χ2v) is 6.30. The van der Waals surface area contributed by atoms with Crippen LogP contribution < -0.4 is 0 Å². The van der Waals surface area contributed by atoms with Crippen molar-refractivity contribution in [2.45, 2.75) is 32.4 Å². The summed E-state index contributed by atoms with van der Waals surface area (Å²) >= 11 is 0. The topological polar surface area (TPSA) is 57.7 Å². The molecule has 1 aliphatic rings. The Hall–Kier alpha value is -2.38. The van der Waals surface area contributed by atoms with Crippen LogP contribution in [0.4, 0.5) is 13.2 Å². The number of nitrogens with zero attached hydrogens (tertiary/aromatic N) is 2. The fourth-order valence-corrected chi connectivity index (χ4v) is 2.80. The van der Waals surface area contributed by atoms with E-state index in [1.807, 2.05) is 0 Å². The molecule has 1 fully saturated rings. The molecule has 2 amide bonds. The van der Waals surface area contributed by atoms with E-state index in [-0.39, 0.29) is 36.0 Å².